The molecular formula is C35H64O7. The molecule has 0 aliphatic carbocycles. The van der Waals surface area contributed by atoms with Crippen molar-refractivity contribution in [1.29, 1.82) is 0 Å². The number of ketones is 1. The molecule has 0 bridgehead atoms. The van der Waals surface area contributed by atoms with E-state index >= 15 is 0 Å². The van der Waals surface area contributed by atoms with Crippen molar-refractivity contribution in [3.63, 3.8) is 0 Å². The third-order valence-electron chi connectivity index (χ3n) is 9.35. The Hall–Kier alpha value is -1.02. The molecule has 0 aromatic rings. The van der Waals surface area contributed by atoms with Crippen molar-refractivity contribution in [2.24, 2.45) is 5.92 Å². The van der Waals surface area contributed by atoms with Crippen molar-refractivity contribution in [2.75, 3.05) is 0 Å². The minimum Gasteiger partial charge on any atom is -0.462 e. The lowest BCUT2D eigenvalue weighted by atomic mass is 9.96. The van der Waals surface area contributed by atoms with Crippen molar-refractivity contribution in [3.8, 4) is 0 Å². The van der Waals surface area contributed by atoms with Crippen molar-refractivity contribution in [3.05, 3.63) is 0 Å². The summed E-state index contributed by atoms with van der Waals surface area (Å²) >= 11 is 0. The lowest BCUT2D eigenvalue weighted by molar-refractivity contribution is -0.145. The second kappa shape index (κ2) is 22.5. The fourth-order valence-electron chi connectivity index (χ4n) is 6.69. The van der Waals surface area contributed by atoms with E-state index in [1.165, 1.54) is 64.7 Å². The lowest BCUT2D eigenvalue weighted by Gasteiger charge is -2.22. The van der Waals surface area contributed by atoms with E-state index in [9.17, 15) is 24.9 Å². The van der Waals surface area contributed by atoms with Crippen molar-refractivity contribution < 1.29 is 34.4 Å². The number of aliphatic hydroxyl groups excluding tert-OH is 3. The van der Waals surface area contributed by atoms with Gasteiger partial charge in [0, 0.05) is 6.42 Å². The number of hydrogen-bond donors (Lipinski definition) is 3. The molecule has 0 amide bonds. The molecule has 7 nitrogen and oxygen atoms in total. The predicted molar refractivity (Wildman–Crippen MR) is 167 cm³/mol. The van der Waals surface area contributed by atoms with E-state index < -0.39 is 12.2 Å². The maximum absolute atomic E-state index is 11.8. The molecule has 0 aromatic carbocycles. The summed E-state index contributed by atoms with van der Waals surface area (Å²) in [6, 6.07) is 0. The first-order valence-electron chi connectivity index (χ1n) is 17.7. The number of carbonyl (C=O) groups excluding carboxylic acids is 2. The number of Topliss-reactive ketones (excluding diaryl/α,β-unsaturated/α-hetero) is 1. The third-order valence-corrected chi connectivity index (χ3v) is 9.35. The Labute approximate surface area is 256 Å². The van der Waals surface area contributed by atoms with Crippen LogP contribution in [-0.4, -0.2) is 63.7 Å². The average molecular weight is 597 g/mol. The monoisotopic (exact) mass is 596 g/mol. The molecule has 2 aliphatic rings. The van der Waals surface area contributed by atoms with Gasteiger partial charge in [-0.25, -0.2) is 0 Å². The first-order chi connectivity index (χ1) is 20.3. The van der Waals surface area contributed by atoms with Crippen LogP contribution in [0, 0.1) is 5.92 Å². The fraction of sp³-hybridized carbons (Fsp3) is 0.943. The number of unbranched alkanes of at least 4 members (excludes halogenated alkanes) is 12. The summed E-state index contributed by atoms with van der Waals surface area (Å²) in [7, 11) is 0. The van der Waals surface area contributed by atoms with E-state index in [0.29, 0.717) is 12.8 Å². The van der Waals surface area contributed by atoms with E-state index in [4.69, 9.17) is 9.47 Å². The Morgan fingerprint density at radius 3 is 1.79 bits per heavy atom. The van der Waals surface area contributed by atoms with Gasteiger partial charge in [-0.3, -0.25) is 4.79 Å². The van der Waals surface area contributed by atoms with Crippen LogP contribution in [0.25, 0.3) is 0 Å². The van der Waals surface area contributed by atoms with Crippen molar-refractivity contribution in [1.82, 2.24) is 0 Å². The highest BCUT2D eigenvalue weighted by Gasteiger charge is 2.35. The Morgan fingerprint density at radius 2 is 1.21 bits per heavy atom. The van der Waals surface area contributed by atoms with E-state index in [2.05, 4.69) is 6.92 Å². The number of hydrogen-bond acceptors (Lipinski definition) is 7. The lowest BCUT2D eigenvalue weighted by Crippen LogP contribution is -2.31. The number of aliphatic hydroxyl groups is 3. The minimum atomic E-state index is -0.503. The summed E-state index contributed by atoms with van der Waals surface area (Å²) in [5.41, 5.74) is 0. The molecule has 246 valence electrons. The predicted octanol–water partition coefficient (Wildman–Crippen LogP) is 7.35. The topological polar surface area (TPSA) is 113 Å². The van der Waals surface area contributed by atoms with Gasteiger partial charge in [0.1, 0.15) is 11.9 Å². The largest absolute Gasteiger partial charge is 0.462 e. The molecule has 7 atom stereocenters. The standard InChI is InChI=1S/C35H64O7/c1-3-4-5-6-7-8-9-10-11-15-21-31(38)33-23-24-34(42-33)32(39)22-17-16-19-29(37)18-13-12-14-20-30-26-28(25-27(2)36)35(40)41-30/h28-34,37-39H,3-26H2,1-2H3/t28-,29-,30-,31+,32-,33-,34+/m1/s1. The average Bonchev–Trinajstić information content (AvgIpc) is 3.58. The zero-order valence-electron chi connectivity index (χ0n) is 27.0. The van der Waals surface area contributed by atoms with Gasteiger partial charge in [0.05, 0.1) is 36.4 Å². The molecule has 2 heterocycles. The van der Waals surface area contributed by atoms with Crippen LogP contribution in [-0.2, 0) is 19.1 Å². The number of carbonyl (C=O) groups is 2. The van der Waals surface area contributed by atoms with Gasteiger partial charge < -0.3 is 29.6 Å². The van der Waals surface area contributed by atoms with Gasteiger partial charge in [-0.15, -0.1) is 0 Å². The summed E-state index contributed by atoms with van der Waals surface area (Å²) < 4.78 is 11.5. The first kappa shape index (κ1) is 37.2. The van der Waals surface area contributed by atoms with Crippen LogP contribution in [0.3, 0.4) is 0 Å². The van der Waals surface area contributed by atoms with Gasteiger partial charge in [-0.05, 0) is 64.7 Å². The van der Waals surface area contributed by atoms with Gasteiger partial charge in [-0.1, -0.05) is 96.8 Å². The van der Waals surface area contributed by atoms with Crippen LogP contribution in [0.2, 0.25) is 0 Å². The Balaban J connectivity index is 1.41. The molecule has 0 saturated carbocycles. The van der Waals surface area contributed by atoms with Crippen molar-refractivity contribution >= 4 is 11.8 Å². The van der Waals surface area contributed by atoms with E-state index in [1.54, 1.807) is 0 Å². The first-order valence-corrected chi connectivity index (χ1v) is 17.7. The summed E-state index contributed by atoms with van der Waals surface area (Å²) in [5, 5.41) is 31.6. The second-order valence-electron chi connectivity index (χ2n) is 13.4. The summed E-state index contributed by atoms with van der Waals surface area (Å²) in [5.74, 6) is -0.459. The number of rotatable bonds is 26. The van der Waals surface area contributed by atoms with Crippen LogP contribution in [0.5, 0.6) is 0 Å². The minimum absolute atomic E-state index is 0.0338. The maximum Gasteiger partial charge on any atom is 0.309 e. The highest BCUT2D eigenvalue weighted by atomic mass is 16.6. The quantitative estimate of drug-likeness (QED) is 0.0707. The maximum atomic E-state index is 11.8. The Kier molecular flexibility index (Phi) is 19.9. The zero-order chi connectivity index (χ0) is 30.6. The molecule has 2 aliphatic heterocycles. The fourth-order valence-corrected chi connectivity index (χ4v) is 6.69. The van der Waals surface area contributed by atoms with Crippen LogP contribution < -0.4 is 0 Å². The van der Waals surface area contributed by atoms with Gasteiger partial charge in [0.15, 0.2) is 0 Å². The molecule has 3 N–H and O–H groups in total. The molecule has 42 heavy (non-hydrogen) atoms. The molecule has 2 saturated heterocycles. The number of esters is 1. The van der Waals surface area contributed by atoms with Crippen LogP contribution in [0.4, 0.5) is 0 Å². The van der Waals surface area contributed by atoms with Gasteiger partial charge in [0.2, 0.25) is 0 Å². The highest BCUT2D eigenvalue weighted by molar-refractivity contribution is 5.83. The van der Waals surface area contributed by atoms with Crippen LogP contribution >= 0.6 is 0 Å². The Morgan fingerprint density at radius 1 is 0.738 bits per heavy atom. The van der Waals surface area contributed by atoms with Gasteiger partial charge in [-0.2, -0.15) is 0 Å². The number of cyclic esters (lactones) is 1. The molecule has 2 fully saturated rings. The van der Waals surface area contributed by atoms with E-state index in [0.717, 1.165) is 77.0 Å². The molecular weight excluding hydrogens is 532 g/mol. The summed E-state index contributed by atoms with van der Waals surface area (Å²) in [6.45, 7) is 3.77. The van der Waals surface area contributed by atoms with Crippen LogP contribution in [0.15, 0.2) is 0 Å². The zero-order valence-corrected chi connectivity index (χ0v) is 27.0. The molecule has 0 radical (unpaired) electrons. The summed E-state index contributed by atoms with van der Waals surface area (Å²) in [6.07, 6.45) is 22.2. The van der Waals surface area contributed by atoms with Gasteiger partial charge in [0.25, 0.3) is 0 Å². The molecule has 0 unspecified atom stereocenters. The van der Waals surface area contributed by atoms with Crippen LogP contribution in [0.1, 0.15) is 168 Å². The van der Waals surface area contributed by atoms with E-state index in [-0.39, 0.29) is 48.5 Å². The molecule has 0 spiro atoms. The Bertz CT molecular complexity index is 713. The molecule has 2 rings (SSSR count). The third kappa shape index (κ3) is 16.2. The molecule has 7 heteroatoms. The highest BCUT2D eigenvalue weighted by Crippen LogP contribution is 2.29. The van der Waals surface area contributed by atoms with E-state index in [1.807, 2.05) is 0 Å². The number of ether oxygens (including phenoxy) is 2. The van der Waals surface area contributed by atoms with Gasteiger partial charge >= 0.3 is 5.97 Å². The second-order valence-corrected chi connectivity index (χ2v) is 13.4. The summed E-state index contributed by atoms with van der Waals surface area (Å²) in [4.78, 5) is 23.1. The normalized spacial score (nSPS) is 24.5. The SMILES string of the molecule is CCCCCCCCCCCC[C@H](O)[C@H]1CC[C@@H]([C@H](O)CCCC[C@H](O)CCCCC[C@@H]2C[C@@H](CC(C)=O)C(=O)O2)O1. The molecule has 0 aromatic heterocycles. The van der Waals surface area contributed by atoms with Crippen molar-refractivity contribution in [2.45, 2.75) is 205 Å². The smallest absolute Gasteiger partial charge is 0.309 e.